The number of benzene rings is 1. The first kappa shape index (κ1) is 13.3. The van der Waals surface area contributed by atoms with Crippen LogP contribution in [-0.4, -0.2) is 43.1 Å². The maximum Gasteiger partial charge on any atom is 0.409 e. The molecule has 1 saturated heterocycles. The number of rotatable bonds is 4. The maximum absolute atomic E-state index is 12.9. The molecule has 5 nitrogen and oxygen atoms in total. The Morgan fingerprint density at radius 3 is 2.79 bits per heavy atom. The van der Waals surface area contributed by atoms with E-state index in [1.165, 1.54) is 11.0 Å². The number of nitrogens with zero attached hydrogens (tertiary/aromatic N) is 1. The number of hydrogen-bond acceptors (Lipinski definition) is 3. The average Bonchev–Trinajstić information content (AvgIpc) is 2.78. The van der Waals surface area contributed by atoms with Crippen molar-refractivity contribution in [2.75, 3.05) is 26.2 Å². The van der Waals surface area contributed by atoms with Gasteiger partial charge in [-0.2, -0.15) is 0 Å². The van der Waals surface area contributed by atoms with Crippen LogP contribution in [0.5, 0.6) is 0 Å². The van der Waals surface area contributed by atoms with E-state index in [1.807, 2.05) is 0 Å². The summed E-state index contributed by atoms with van der Waals surface area (Å²) in [5.74, 6) is -2.60. The molecule has 102 valence electrons. The van der Waals surface area contributed by atoms with Gasteiger partial charge in [0.1, 0.15) is 6.61 Å². The molecule has 1 aromatic carbocycles. The predicted molar refractivity (Wildman–Crippen MR) is 61.6 cm³/mol. The van der Waals surface area contributed by atoms with Gasteiger partial charge in [-0.15, -0.1) is 0 Å². The molecule has 2 amide bonds. The maximum atomic E-state index is 12.9. The molecule has 0 spiro atoms. The summed E-state index contributed by atoms with van der Waals surface area (Å²) in [4.78, 5) is 24.2. The molecule has 2 rings (SSSR count). The van der Waals surface area contributed by atoms with Crippen LogP contribution in [-0.2, 0) is 4.74 Å². The summed E-state index contributed by atoms with van der Waals surface area (Å²) < 4.78 is 30.4. The lowest BCUT2D eigenvalue weighted by atomic mass is 10.2. The lowest BCUT2D eigenvalue weighted by Gasteiger charge is -2.12. The van der Waals surface area contributed by atoms with E-state index in [1.54, 1.807) is 0 Å². The fraction of sp³-hybridized carbons (Fsp3) is 0.333. The highest BCUT2D eigenvalue weighted by molar-refractivity contribution is 5.94. The third-order valence-corrected chi connectivity index (χ3v) is 2.69. The first-order chi connectivity index (χ1) is 9.08. The molecule has 1 aromatic rings. The molecule has 0 radical (unpaired) electrons. The number of halogens is 2. The average molecular weight is 270 g/mol. The van der Waals surface area contributed by atoms with Crippen LogP contribution in [0.4, 0.5) is 13.6 Å². The highest BCUT2D eigenvalue weighted by atomic mass is 19.2. The Morgan fingerprint density at radius 2 is 2.16 bits per heavy atom. The number of carbonyl (C=O) groups excluding carboxylic acids is 2. The first-order valence-corrected chi connectivity index (χ1v) is 5.73. The summed E-state index contributed by atoms with van der Waals surface area (Å²) in [5, 5.41) is 2.52. The Bertz CT molecular complexity index is 508. The van der Waals surface area contributed by atoms with E-state index in [-0.39, 0.29) is 12.1 Å². The second kappa shape index (κ2) is 5.64. The van der Waals surface area contributed by atoms with Crippen molar-refractivity contribution >= 4 is 12.0 Å². The molecule has 0 atom stereocenters. The van der Waals surface area contributed by atoms with Crippen molar-refractivity contribution in [1.29, 1.82) is 0 Å². The zero-order valence-electron chi connectivity index (χ0n) is 9.99. The molecule has 1 heterocycles. The smallest absolute Gasteiger partial charge is 0.409 e. The van der Waals surface area contributed by atoms with Crippen LogP contribution < -0.4 is 5.32 Å². The van der Waals surface area contributed by atoms with Gasteiger partial charge < -0.3 is 15.0 Å². The van der Waals surface area contributed by atoms with E-state index < -0.39 is 23.6 Å². The van der Waals surface area contributed by atoms with Crippen LogP contribution >= 0.6 is 0 Å². The summed E-state index contributed by atoms with van der Waals surface area (Å²) in [6.07, 6.45) is -0.415. The van der Waals surface area contributed by atoms with E-state index >= 15 is 0 Å². The summed E-state index contributed by atoms with van der Waals surface area (Å²) in [7, 11) is 0. The van der Waals surface area contributed by atoms with Crippen molar-refractivity contribution in [1.82, 2.24) is 10.2 Å². The number of amides is 2. The standard InChI is InChI=1S/C12H12F2N2O3/c13-9-2-1-8(7-10(9)14)11(17)15-3-4-16-5-6-19-12(16)18/h1-2,7H,3-6H2,(H,15,17). The summed E-state index contributed by atoms with van der Waals surface area (Å²) in [6.45, 7) is 1.36. The van der Waals surface area contributed by atoms with E-state index in [0.717, 1.165) is 12.1 Å². The first-order valence-electron chi connectivity index (χ1n) is 5.73. The summed E-state index contributed by atoms with van der Waals surface area (Å²) in [6, 6.07) is 2.91. The van der Waals surface area contributed by atoms with Crippen molar-refractivity contribution in [2.24, 2.45) is 0 Å². The molecule has 0 aliphatic carbocycles. The summed E-state index contributed by atoms with van der Waals surface area (Å²) in [5.41, 5.74) is 0.0305. The van der Waals surface area contributed by atoms with Crippen LogP contribution in [0.15, 0.2) is 18.2 Å². The fourth-order valence-electron chi connectivity index (χ4n) is 1.67. The monoisotopic (exact) mass is 270 g/mol. The molecule has 1 N–H and O–H groups in total. The molecular weight excluding hydrogens is 258 g/mol. The van der Waals surface area contributed by atoms with Gasteiger partial charge in [0.05, 0.1) is 6.54 Å². The Morgan fingerprint density at radius 1 is 1.37 bits per heavy atom. The molecular formula is C12H12F2N2O3. The number of nitrogens with one attached hydrogen (secondary N) is 1. The molecule has 1 fully saturated rings. The van der Waals surface area contributed by atoms with Gasteiger partial charge in [0.15, 0.2) is 11.6 Å². The SMILES string of the molecule is O=C(NCCN1CCOC1=O)c1ccc(F)c(F)c1. The van der Waals surface area contributed by atoms with Gasteiger partial charge in [-0.3, -0.25) is 4.79 Å². The lowest BCUT2D eigenvalue weighted by Crippen LogP contribution is -2.35. The summed E-state index contributed by atoms with van der Waals surface area (Å²) >= 11 is 0. The Labute approximate surface area is 108 Å². The third-order valence-electron chi connectivity index (χ3n) is 2.69. The van der Waals surface area contributed by atoms with Crippen molar-refractivity contribution in [3.8, 4) is 0 Å². The number of ether oxygens (including phenoxy) is 1. The van der Waals surface area contributed by atoms with Crippen LogP contribution in [0.3, 0.4) is 0 Å². The second-order valence-corrected chi connectivity index (χ2v) is 3.99. The van der Waals surface area contributed by atoms with Gasteiger partial charge in [-0.25, -0.2) is 13.6 Å². The van der Waals surface area contributed by atoms with Crippen LogP contribution in [0, 0.1) is 11.6 Å². The topological polar surface area (TPSA) is 58.6 Å². The van der Waals surface area contributed by atoms with Crippen molar-refractivity contribution in [3.05, 3.63) is 35.4 Å². The molecule has 0 unspecified atom stereocenters. The lowest BCUT2D eigenvalue weighted by molar-refractivity contribution is 0.0948. The van der Waals surface area contributed by atoms with Crippen LogP contribution in [0.25, 0.3) is 0 Å². The van der Waals surface area contributed by atoms with Crippen LogP contribution in [0.2, 0.25) is 0 Å². The number of hydrogen-bond donors (Lipinski definition) is 1. The van der Waals surface area contributed by atoms with Gasteiger partial charge in [0.25, 0.3) is 5.91 Å². The van der Waals surface area contributed by atoms with E-state index in [0.29, 0.717) is 19.7 Å². The van der Waals surface area contributed by atoms with E-state index in [2.05, 4.69) is 5.32 Å². The minimum Gasteiger partial charge on any atom is -0.448 e. The molecule has 0 saturated carbocycles. The molecule has 19 heavy (non-hydrogen) atoms. The highest BCUT2D eigenvalue weighted by Crippen LogP contribution is 2.08. The van der Waals surface area contributed by atoms with Gasteiger partial charge in [-0.1, -0.05) is 0 Å². The normalized spacial score (nSPS) is 14.4. The van der Waals surface area contributed by atoms with Gasteiger partial charge >= 0.3 is 6.09 Å². The Kier molecular flexibility index (Phi) is 3.94. The Balaban J connectivity index is 1.84. The molecule has 0 bridgehead atoms. The van der Waals surface area contributed by atoms with E-state index in [4.69, 9.17) is 4.74 Å². The van der Waals surface area contributed by atoms with Gasteiger partial charge in [-0.05, 0) is 18.2 Å². The van der Waals surface area contributed by atoms with Crippen LogP contribution in [0.1, 0.15) is 10.4 Å². The van der Waals surface area contributed by atoms with E-state index in [9.17, 15) is 18.4 Å². The molecule has 1 aliphatic heterocycles. The second-order valence-electron chi connectivity index (χ2n) is 3.99. The van der Waals surface area contributed by atoms with Gasteiger partial charge in [0.2, 0.25) is 0 Å². The number of carbonyl (C=O) groups is 2. The highest BCUT2D eigenvalue weighted by Gasteiger charge is 2.21. The Hall–Kier alpha value is -2.18. The third kappa shape index (κ3) is 3.18. The molecule has 1 aliphatic rings. The van der Waals surface area contributed by atoms with Crippen molar-refractivity contribution in [3.63, 3.8) is 0 Å². The van der Waals surface area contributed by atoms with Gasteiger partial charge in [0, 0.05) is 18.7 Å². The fourth-order valence-corrected chi connectivity index (χ4v) is 1.67. The largest absolute Gasteiger partial charge is 0.448 e. The minimum absolute atomic E-state index is 0.0305. The zero-order chi connectivity index (χ0) is 13.8. The van der Waals surface area contributed by atoms with Crippen molar-refractivity contribution in [2.45, 2.75) is 0 Å². The van der Waals surface area contributed by atoms with Crippen molar-refractivity contribution < 1.29 is 23.1 Å². The molecule has 0 aromatic heterocycles. The minimum atomic E-state index is -1.07. The predicted octanol–water partition coefficient (Wildman–Crippen LogP) is 1.15. The zero-order valence-corrected chi connectivity index (χ0v) is 9.99. The number of cyclic esters (lactones) is 1. The molecule has 7 heteroatoms. The quantitative estimate of drug-likeness (QED) is 0.892.